The van der Waals surface area contributed by atoms with Crippen molar-refractivity contribution in [3.63, 3.8) is 0 Å². The molecule has 4 heterocycles. The predicted octanol–water partition coefficient (Wildman–Crippen LogP) is 3.13. The summed E-state index contributed by atoms with van der Waals surface area (Å²) >= 11 is 0. The lowest BCUT2D eigenvalue weighted by Crippen LogP contribution is -2.33. The van der Waals surface area contributed by atoms with Gasteiger partial charge in [-0.3, -0.25) is 9.59 Å². The summed E-state index contributed by atoms with van der Waals surface area (Å²) in [5.41, 5.74) is 4.16. The fourth-order valence-electron chi connectivity index (χ4n) is 3.22. The molecule has 0 unspecified atom stereocenters. The van der Waals surface area contributed by atoms with Crippen LogP contribution in [0.3, 0.4) is 0 Å². The first-order chi connectivity index (χ1) is 12.7. The van der Waals surface area contributed by atoms with Crippen LogP contribution >= 0.6 is 0 Å². The molecule has 2 aliphatic heterocycles. The van der Waals surface area contributed by atoms with Gasteiger partial charge in [-0.2, -0.15) is 0 Å². The van der Waals surface area contributed by atoms with Crippen LogP contribution in [-0.2, 0) is 16.0 Å². The van der Waals surface area contributed by atoms with E-state index in [-0.39, 0.29) is 13.2 Å². The Labute approximate surface area is 152 Å². The lowest BCUT2D eigenvalue weighted by molar-refractivity contribution is -0.125. The Morgan fingerprint density at radius 2 is 2.27 bits per heavy atom. The summed E-state index contributed by atoms with van der Waals surface area (Å²) in [7, 11) is 0. The Balaban J connectivity index is 0.00000210. The van der Waals surface area contributed by atoms with Gasteiger partial charge in [-0.1, -0.05) is 6.08 Å². The number of nitrogens with one attached hydrogen (secondary N) is 1. The monoisotopic (exact) mass is 351 g/mol. The van der Waals surface area contributed by atoms with E-state index in [1.807, 2.05) is 17.0 Å². The van der Waals surface area contributed by atoms with E-state index in [4.69, 9.17) is 4.42 Å². The van der Waals surface area contributed by atoms with Crippen LogP contribution in [0.4, 0.5) is 5.82 Å². The molecule has 0 aromatic carbocycles. The van der Waals surface area contributed by atoms with E-state index in [1.165, 1.54) is 5.57 Å². The minimum absolute atomic E-state index is 0. The zero-order valence-electron chi connectivity index (χ0n) is 14.3. The van der Waals surface area contributed by atoms with Gasteiger partial charge in [0.1, 0.15) is 5.82 Å². The van der Waals surface area contributed by atoms with Gasteiger partial charge >= 0.3 is 0 Å². The number of hydrogen-bond acceptors (Lipinski definition) is 4. The fourth-order valence-corrected chi connectivity index (χ4v) is 3.22. The minimum atomic E-state index is -0.0153. The molecular formula is C20H21N3O3. The van der Waals surface area contributed by atoms with Crippen molar-refractivity contribution in [2.45, 2.75) is 19.3 Å². The predicted molar refractivity (Wildman–Crippen MR) is 100 cm³/mol. The third-order valence-electron chi connectivity index (χ3n) is 4.70. The van der Waals surface area contributed by atoms with Crippen molar-refractivity contribution in [1.82, 2.24) is 9.88 Å². The van der Waals surface area contributed by atoms with Gasteiger partial charge in [-0.25, -0.2) is 4.98 Å². The molecule has 0 spiro atoms. The van der Waals surface area contributed by atoms with Crippen LogP contribution < -0.4 is 5.32 Å². The number of carbonyl (C=O) groups excluding carboxylic acids is 2. The van der Waals surface area contributed by atoms with Crippen molar-refractivity contribution < 1.29 is 15.4 Å². The van der Waals surface area contributed by atoms with Crippen molar-refractivity contribution in [2.75, 3.05) is 18.4 Å². The lowest BCUT2D eigenvalue weighted by Gasteiger charge is -2.25. The van der Waals surface area contributed by atoms with Crippen LogP contribution in [0, 0.1) is 0 Å². The van der Waals surface area contributed by atoms with E-state index in [1.54, 1.807) is 30.9 Å². The summed E-state index contributed by atoms with van der Waals surface area (Å²) < 4.78 is 5.11. The standard InChI is InChI=1S/C20H19N3O3.H2/c24-18-3-2-16-11-14(12-21-20(16)22-18)1-4-19(25)23-8-5-15(6-9-23)17-7-10-26-13-17;/h1,4-5,7,10-13H,2-3,6,8-9H2,(H,21,22,24);1H/b4-1+;. The van der Waals surface area contributed by atoms with Gasteiger partial charge in [-0.05, 0) is 47.8 Å². The highest BCUT2D eigenvalue weighted by Crippen LogP contribution is 2.23. The first kappa shape index (κ1) is 16.3. The van der Waals surface area contributed by atoms with Crippen LogP contribution in [0.15, 0.2) is 47.4 Å². The fraction of sp³-hybridized carbons (Fsp3) is 0.250. The van der Waals surface area contributed by atoms with Gasteiger partial charge in [-0.15, -0.1) is 0 Å². The lowest BCUT2D eigenvalue weighted by atomic mass is 10.0. The molecule has 6 heteroatoms. The number of hydrogen-bond donors (Lipinski definition) is 1. The zero-order chi connectivity index (χ0) is 17.9. The minimum Gasteiger partial charge on any atom is -0.472 e. The number of carbonyl (C=O) groups is 2. The Morgan fingerprint density at radius 1 is 1.35 bits per heavy atom. The molecule has 2 aromatic heterocycles. The third-order valence-corrected chi connectivity index (χ3v) is 4.70. The second kappa shape index (κ2) is 7.00. The molecule has 6 nitrogen and oxygen atoms in total. The molecule has 134 valence electrons. The van der Waals surface area contributed by atoms with Crippen LogP contribution in [0.5, 0.6) is 0 Å². The van der Waals surface area contributed by atoms with Gasteiger partial charge in [0.25, 0.3) is 0 Å². The molecule has 0 saturated carbocycles. The summed E-state index contributed by atoms with van der Waals surface area (Å²) in [6.45, 7) is 1.28. The van der Waals surface area contributed by atoms with Crippen molar-refractivity contribution in [1.29, 1.82) is 0 Å². The Morgan fingerprint density at radius 3 is 3.04 bits per heavy atom. The van der Waals surface area contributed by atoms with Gasteiger partial charge in [0.2, 0.25) is 11.8 Å². The molecule has 0 fully saturated rings. The summed E-state index contributed by atoms with van der Waals surface area (Å²) in [6.07, 6.45) is 12.5. The number of aromatic nitrogens is 1. The highest BCUT2D eigenvalue weighted by atomic mass is 16.3. The van der Waals surface area contributed by atoms with E-state index < -0.39 is 0 Å². The second-order valence-corrected chi connectivity index (χ2v) is 6.43. The van der Waals surface area contributed by atoms with Crippen LogP contribution in [0.1, 0.15) is 31.0 Å². The summed E-state index contributed by atoms with van der Waals surface area (Å²) in [5, 5.41) is 2.76. The van der Waals surface area contributed by atoms with Crippen LogP contribution in [0.2, 0.25) is 0 Å². The number of amides is 2. The van der Waals surface area contributed by atoms with Crippen molar-refractivity contribution in [2.24, 2.45) is 0 Å². The second-order valence-electron chi connectivity index (χ2n) is 6.43. The molecule has 26 heavy (non-hydrogen) atoms. The smallest absolute Gasteiger partial charge is 0.246 e. The van der Waals surface area contributed by atoms with Crippen molar-refractivity contribution >= 4 is 29.3 Å². The number of rotatable bonds is 3. The first-order valence-corrected chi connectivity index (χ1v) is 8.66. The molecule has 0 bridgehead atoms. The van der Waals surface area contributed by atoms with E-state index in [9.17, 15) is 9.59 Å². The number of aryl methyl sites for hydroxylation is 1. The van der Waals surface area contributed by atoms with Crippen molar-refractivity contribution in [3.8, 4) is 0 Å². The van der Waals surface area contributed by atoms with Crippen LogP contribution in [0.25, 0.3) is 11.6 Å². The molecule has 1 N–H and O–H groups in total. The first-order valence-electron chi connectivity index (χ1n) is 8.66. The number of pyridine rings is 1. The molecular weight excluding hydrogens is 330 g/mol. The summed E-state index contributed by atoms with van der Waals surface area (Å²) in [5.74, 6) is 0.604. The Bertz CT molecular complexity index is 903. The van der Waals surface area contributed by atoms with E-state index in [0.717, 1.165) is 23.1 Å². The average molecular weight is 351 g/mol. The Hall–Kier alpha value is -3.15. The molecule has 2 amide bonds. The van der Waals surface area contributed by atoms with E-state index >= 15 is 0 Å². The molecule has 0 atom stereocenters. The van der Waals surface area contributed by atoms with E-state index in [0.29, 0.717) is 31.7 Å². The third kappa shape index (κ3) is 3.44. The van der Waals surface area contributed by atoms with Gasteiger partial charge < -0.3 is 14.6 Å². The van der Waals surface area contributed by atoms with Gasteiger partial charge in [0.05, 0.1) is 12.5 Å². The number of nitrogens with zero attached hydrogens (tertiary/aromatic N) is 2. The molecule has 0 radical (unpaired) electrons. The quantitative estimate of drug-likeness (QED) is 0.862. The maximum Gasteiger partial charge on any atom is 0.246 e. The average Bonchev–Trinajstić information content (AvgIpc) is 3.21. The van der Waals surface area contributed by atoms with Gasteiger partial charge in [0, 0.05) is 38.8 Å². The maximum atomic E-state index is 12.4. The number of fused-ring (bicyclic) bond motifs is 1. The molecule has 4 rings (SSSR count). The molecule has 0 aliphatic carbocycles. The number of furan rings is 1. The summed E-state index contributed by atoms with van der Waals surface area (Å²) in [4.78, 5) is 29.9. The highest BCUT2D eigenvalue weighted by molar-refractivity contribution is 5.94. The largest absolute Gasteiger partial charge is 0.472 e. The van der Waals surface area contributed by atoms with Crippen molar-refractivity contribution in [3.05, 3.63) is 59.7 Å². The Kier molecular flexibility index (Phi) is 4.39. The van der Waals surface area contributed by atoms with Gasteiger partial charge in [0.15, 0.2) is 0 Å². The number of anilines is 1. The highest BCUT2D eigenvalue weighted by Gasteiger charge is 2.17. The SMILES string of the molecule is O=C1CCc2cc(/C=C/C(=O)N3CC=C(c4ccoc4)CC3)cnc2N1.[HH]. The van der Waals surface area contributed by atoms with E-state index in [2.05, 4.69) is 16.4 Å². The molecule has 2 aromatic rings. The molecule has 0 saturated heterocycles. The van der Waals surface area contributed by atoms with Crippen LogP contribution in [-0.4, -0.2) is 34.8 Å². The maximum absolute atomic E-state index is 12.4. The topological polar surface area (TPSA) is 75.4 Å². The molecule has 2 aliphatic rings. The normalized spacial score (nSPS) is 17.0. The zero-order valence-corrected chi connectivity index (χ0v) is 14.3. The summed E-state index contributed by atoms with van der Waals surface area (Å²) in [6, 6.07) is 3.91.